The maximum atomic E-state index is 12.5. The maximum absolute atomic E-state index is 12.5. The number of thioether (sulfide) groups is 1. The fraction of sp³-hybridized carbons (Fsp3) is 0.692. The van der Waals surface area contributed by atoms with E-state index in [-0.39, 0.29) is 23.8 Å². The van der Waals surface area contributed by atoms with Gasteiger partial charge in [-0.25, -0.2) is 5.06 Å². The normalized spacial score (nSPS) is 18.2. The second-order valence-electron chi connectivity index (χ2n) is 8.88. The predicted molar refractivity (Wildman–Crippen MR) is 138 cm³/mol. The van der Waals surface area contributed by atoms with Crippen molar-refractivity contribution < 1.29 is 14.4 Å². The van der Waals surface area contributed by atoms with Gasteiger partial charge in [-0.1, -0.05) is 107 Å². The Kier molecular flexibility index (Phi) is 14.8. The van der Waals surface area contributed by atoms with Crippen molar-refractivity contribution in [1.29, 1.82) is 0 Å². The summed E-state index contributed by atoms with van der Waals surface area (Å²) >= 11 is 7.21. The number of hydrogen-bond acceptors (Lipinski definition) is 5. The van der Waals surface area contributed by atoms with E-state index in [0.29, 0.717) is 19.4 Å². The van der Waals surface area contributed by atoms with E-state index >= 15 is 0 Å². The summed E-state index contributed by atoms with van der Waals surface area (Å²) in [7, 11) is 0. The Morgan fingerprint density at radius 2 is 1.64 bits per heavy atom. The quantitative estimate of drug-likeness (QED) is 0.115. The van der Waals surface area contributed by atoms with Gasteiger partial charge < -0.3 is 5.32 Å². The van der Waals surface area contributed by atoms with Crippen molar-refractivity contribution in [1.82, 2.24) is 10.4 Å². The average Bonchev–Trinajstić information content (AvgIpc) is 2.83. The van der Waals surface area contributed by atoms with Crippen LogP contribution >= 0.6 is 23.4 Å². The standard InChI is InChI=1S/C26H41ClN2O3S/c1-2-3-4-5-6-7-8-9-10-14-19-33-25(30)24-18-17-23(20-28-24)29(26(27)31)32-21-22-15-12-11-13-16-22/h11-13,15-16,23-24,28H,2-10,14,17-21H2,1H3/t23-,24+/m1/s1. The van der Waals surface area contributed by atoms with Crippen molar-refractivity contribution in [3.63, 3.8) is 0 Å². The maximum Gasteiger partial charge on any atom is 0.340 e. The molecule has 2 rings (SSSR count). The molecule has 1 N–H and O–H groups in total. The highest BCUT2D eigenvalue weighted by Gasteiger charge is 2.31. The van der Waals surface area contributed by atoms with E-state index in [4.69, 9.17) is 16.4 Å². The molecule has 0 spiro atoms. The third kappa shape index (κ3) is 11.7. The minimum atomic E-state index is -0.627. The summed E-state index contributed by atoms with van der Waals surface area (Å²) < 4.78 is 0. The number of amides is 1. The third-order valence-electron chi connectivity index (χ3n) is 6.13. The van der Waals surface area contributed by atoms with Gasteiger partial charge in [0.2, 0.25) is 5.12 Å². The molecule has 0 aliphatic carbocycles. The largest absolute Gasteiger partial charge is 0.340 e. The summed E-state index contributed by atoms with van der Waals surface area (Å²) in [6, 6.07) is 9.34. The van der Waals surface area contributed by atoms with Gasteiger partial charge in [-0.15, -0.1) is 0 Å². The fourth-order valence-electron chi connectivity index (χ4n) is 4.12. The number of carbonyl (C=O) groups is 2. The van der Waals surface area contributed by atoms with Crippen LogP contribution in [-0.4, -0.2) is 39.9 Å². The molecule has 186 valence electrons. The smallest absolute Gasteiger partial charge is 0.305 e. The second kappa shape index (κ2) is 17.4. The molecule has 5 nitrogen and oxygen atoms in total. The molecule has 2 atom stereocenters. The van der Waals surface area contributed by atoms with Gasteiger partial charge in [0.1, 0.15) is 6.61 Å². The Hall–Kier alpha value is -1.08. The second-order valence-corrected chi connectivity index (χ2v) is 10.3. The first kappa shape index (κ1) is 28.2. The zero-order valence-corrected chi connectivity index (χ0v) is 21.7. The lowest BCUT2D eigenvalue weighted by atomic mass is 10.0. The molecular weight excluding hydrogens is 456 g/mol. The zero-order chi connectivity index (χ0) is 23.7. The summed E-state index contributed by atoms with van der Waals surface area (Å²) in [5.41, 5.74) is 0.973. The molecule has 0 bridgehead atoms. The monoisotopic (exact) mass is 496 g/mol. The molecular formula is C26H41ClN2O3S. The molecule has 1 amide bonds. The van der Waals surface area contributed by atoms with E-state index in [1.165, 1.54) is 74.6 Å². The van der Waals surface area contributed by atoms with E-state index in [0.717, 1.165) is 17.7 Å². The van der Waals surface area contributed by atoms with Gasteiger partial charge >= 0.3 is 5.37 Å². The summed E-state index contributed by atoms with van der Waals surface area (Å²) in [5, 5.41) is 4.12. The highest BCUT2D eigenvalue weighted by Crippen LogP contribution is 2.21. The highest BCUT2D eigenvalue weighted by atomic mass is 35.5. The summed E-state index contributed by atoms with van der Waals surface area (Å²) in [5.74, 6) is 0.892. The number of benzene rings is 1. The third-order valence-corrected chi connectivity index (χ3v) is 7.36. The van der Waals surface area contributed by atoms with Crippen molar-refractivity contribution >= 4 is 33.8 Å². The summed E-state index contributed by atoms with van der Waals surface area (Å²) in [6.45, 7) is 3.04. The van der Waals surface area contributed by atoms with E-state index in [2.05, 4.69) is 12.2 Å². The van der Waals surface area contributed by atoms with Crippen LogP contribution in [0.5, 0.6) is 0 Å². The van der Waals surface area contributed by atoms with Gasteiger partial charge in [0.15, 0.2) is 0 Å². The summed E-state index contributed by atoms with van der Waals surface area (Å²) in [4.78, 5) is 30.1. The minimum absolute atomic E-state index is 0.157. The lowest BCUT2D eigenvalue weighted by Gasteiger charge is -2.34. The number of halogens is 1. The Balaban J connectivity index is 1.55. The molecule has 1 aromatic rings. The average molecular weight is 497 g/mol. The lowest BCUT2D eigenvalue weighted by Crippen LogP contribution is -2.52. The molecule has 1 aliphatic heterocycles. The van der Waals surface area contributed by atoms with Gasteiger partial charge in [0.25, 0.3) is 0 Å². The number of unbranched alkanes of at least 4 members (excludes halogenated alkanes) is 9. The van der Waals surface area contributed by atoms with Crippen LogP contribution in [-0.2, 0) is 16.2 Å². The number of carbonyl (C=O) groups excluding carboxylic acids is 2. The Morgan fingerprint density at radius 1 is 1.00 bits per heavy atom. The molecule has 33 heavy (non-hydrogen) atoms. The van der Waals surface area contributed by atoms with Gasteiger partial charge in [0.05, 0.1) is 12.1 Å². The van der Waals surface area contributed by atoms with Crippen molar-refractivity contribution in [3.8, 4) is 0 Å². The first-order valence-corrected chi connectivity index (χ1v) is 14.0. The summed E-state index contributed by atoms with van der Waals surface area (Å²) in [6.07, 6.45) is 14.4. The number of hydrogen-bond donors (Lipinski definition) is 1. The molecule has 1 aromatic carbocycles. The van der Waals surface area contributed by atoms with Crippen LogP contribution in [0, 0.1) is 0 Å². The molecule has 7 heteroatoms. The zero-order valence-electron chi connectivity index (χ0n) is 20.1. The molecule has 0 aromatic heterocycles. The Labute approximate surface area is 209 Å². The Bertz CT molecular complexity index is 669. The van der Waals surface area contributed by atoms with Gasteiger partial charge in [-0.3, -0.25) is 14.4 Å². The lowest BCUT2D eigenvalue weighted by molar-refractivity contribution is -0.152. The molecule has 1 saturated heterocycles. The highest BCUT2D eigenvalue weighted by molar-refractivity contribution is 8.13. The molecule has 0 radical (unpaired) electrons. The van der Waals surface area contributed by atoms with Crippen LogP contribution in [0.15, 0.2) is 30.3 Å². The van der Waals surface area contributed by atoms with Gasteiger partial charge in [0, 0.05) is 12.3 Å². The minimum Gasteiger partial charge on any atom is -0.305 e. The number of hydroxylamine groups is 2. The SMILES string of the molecule is CCCCCCCCCCCCSC(=O)[C@@H]1CC[C@@H](N(OCc2ccccc2)C(=O)Cl)CN1. The molecule has 1 heterocycles. The van der Waals surface area contributed by atoms with Crippen molar-refractivity contribution in [3.05, 3.63) is 35.9 Å². The van der Waals surface area contributed by atoms with Crippen LogP contribution in [0.25, 0.3) is 0 Å². The van der Waals surface area contributed by atoms with E-state index in [9.17, 15) is 9.59 Å². The van der Waals surface area contributed by atoms with Crippen molar-refractivity contribution in [2.45, 2.75) is 103 Å². The molecule has 1 aliphatic rings. The number of rotatable bonds is 16. The van der Waals surface area contributed by atoms with E-state index < -0.39 is 5.37 Å². The van der Waals surface area contributed by atoms with Crippen LogP contribution in [0.4, 0.5) is 4.79 Å². The van der Waals surface area contributed by atoms with Crippen LogP contribution in [0.2, 0.25) is 0 Å². The molecule has 1 fully saturated rings. The van der Waals surface area contributed by atoms with E-state index in [1.807, 2.05) is 30.3 Å². The molecule has 0 unspecified atom stereocenters. The predicted octanol–water partition coefficient (Wildman–Crippen LogP) is 7.08. The molecule has 0 saturated carbocycles. The number of nitrogens with one attached hydrogen (secondary N) is 1. The topological polar surface area (TPSA) is 58.6 Å². The van der Waals surface area contributed by atoms with Crippen LogP contribution in [0.1, 0.15) is 89.5 Å². The van der Waals surface area contributed by atoms with Crippen LogP contribution < -0.4 is 5.32 Å². The van der Waals surface area contributed by atoms with E-state index in [1.54, 1.807) is 0 Å². The van der Waals surface area contributed by atoms with Gasteiger partial charge in [-0.05, 0) is 36.4 Å². The first-order chi connectivity index (χ1) is 16.1. The van der Waals surface area contributed by atoms with Gasteiger partial charge in [-0.2, -0.15) is 0 Å². The first-order valence-electron chi connectivity index (χ1n) is 12.7. The van der Waals surface area contributed by atoms with Crippen molar-refractivity contribution in [2.75, 3.05) is 12.3 Å². The Morgan fingerprint density at radius 3 is 2.21 bits per heavy atom. The number of piperidine rings is 1. The fourth-order valence-corrected chi connectivity index (χ4v) is 5.26. The van der Waals surface area contributed by atoms with Crippen LogP contribution in [0.3, 0.4) is 0 Å². The van der Waals surface area contributed by atoms with Crippen molar-refractivity contribution in [2.24, 2.45) is 0 Å². The number of nitrogens with zero attached hydrogens (tertiary/aromatic N) is 1.